The molecule has 0 aliphatic rings. The summed E-state index contributed by atoms with van der Waals surface area (Å²) >= 11 is 0. The van der Waals surface area contributed by atoms with Crippen molar-refractivity contribution in [1.82, 2.24) is 8.69 Å². The number of nitrogens with one attached hydrogen (secondary N) is 1. The van der Waals surface area contributed by atoms with Crippen LogP contribution in [0.1, 0.15) is 5.82 Å². The molecule has 138 valence electrons. The van der Waals surface area contributed by atoms with E-state index in [4.69, 9.17) is 0 Å². The minimum Gasteiger partial charge on any atom is -0.268 e. The van der Waals surface area contributed by atoms with Gasteiger partial charge in [-0.3, -0.25) is 4.79 Å². The van der Waals surface area contributed by atoms with Crippen LogP contribution in [0.15, 0.2) is 12.4 Å². The van der Waals surface area contributed by atoms with Gasteiger partial charge in [0.2, 0.25) is 0 Å². The molecule has 0 atom stereocenters. The fourth-order valence-corrected chi connectivity index (χ4v) is 3.97. The number of imidazole rings is 1. The first-order valence-corrected chi connectivity index (χ1v) is 8.41. The summed E-state index contributed by atoms with van der Waals surface area (Å²) in [6.07, 6.45) is 2.11. The summed E-state index contributed by atoms with van der Waals surface area (Å²) in [5.41, 5.74) is -12.9. The lowest BCUT2D eigenvalue weighted by molar-refractivity contribution is -0.689. The number of H-pyrrole nitrogens is 1. The lowest BCUT2D eigenvalue weighted by Gasteiger charge is -2.23. The van der Waals surface area contributed by atoms with Crippen LogP contribution >= 0.6 is 0 Å². The summed E-state index contributed by atoms with van der Waals surface area (Å²) in [5, 5.41) is 0. The molecular weight excluding hydrogens is 396 g/mol. The fourth-order valence-electron chi connectivity index (χ4n) is 1.40. The van der Waals surface area contributed by atoms with Gasteiger partial charge in [-0.05, 0) is 0 Å². The maximum absolute atomic E-state index is 12.5. The zero-order valence-electron chi connectivity index (χ0n) is 11.4. The maximum atomic E-state index is 12.5. The van der Waals surface area contributed by atoms with Gasteiger partial charge in [-0.2, -0.15) is 43.2 Å². The van der Waals surface area contributed by atoms with Crippen LogP contribution in [0.5, 0.6) is 0 Å². The molecule has 0 bridgehead atoms. The molecule has 1 heterocycles. The molecule has 0 fully saturated rings. The highest BCUT2D eigenvalue weighted by atomic mass is 32.3. The van der Waals surface area contributed by atoms with E-state index >= 15 is 0 Å². The number of aromatic nitrogens is 2. The molecule has 1 N–H and O–H groups in total. The third-order valence-corrected chi connectivity index (χ3v) is 6.14. The predicted octanol–water partition coefficient (Wildman–Crippen LogP) is 0.138. The monoisotopic (exact) mass is 404 g/mol. The number of aromatic amines is 1. The van der Waals surface area contributed by atoms with Gasteiger partial charge in [0.1, 0.15) is 12.4 Å². The first-order chi connectivity index (χ1) is 10.5. The topological polar surface area (TPSA) is 108 Å². The molecule has 16 heteroatoms. The second kappa shape index (κ2) is 5.91. The fraction of sp³-hybridized carbons (Fsp3) is 0.500. The van der Waals surface area contributed by atoms with Crippen molar-refractivity contribution in [3.63, 3.8) is 0 Å². The number of alkyl halides is 6. The Morgan fingerprint density at radius 2 is 1.50 bits per heavy atom. The molecule has 0 saturated heterocycles. The summed E-state index contributed by atoms with van der Waals surface area (Å²) in [4.78, 5) is 14.1. The Labute approximate surface area is 130 Å². The number of carbonyl (C=O) groups excluding carboxylic acids is 1. The standard InChI is InChI=1S/C8H7F6N3O5S2/c1-5-15-2-3-16(5)4-6(18)17(23(19,20)7(9,10)11)24(21,22)8(12,13)14/h2-3H,4H2,1H3/p+1. The number of hydrogen-bond donors (Lipinski definition) is 1. The second-order valence-corrected chi connectivity index (χ2v) is 7.95. The van der Waals surface area contributed by atoms with Crippen LogP contribution in [-0.2, 0) is 31.4 Å². The van der Waals surface area contributed by atoms with Gasteiger partial charge in [0.15, 0.2) is 6.54 Å². The van der Waals surface area contributed by atoms with Gasteiger partial charge < -0.3 is 0 Å². The van der Waals surface area contributed by atoms with Crippen molar-refractivity contribution in [3.8, 4) is 0 Å². The van der Waals surface area contributed by atoms with Gasteiger partial charge in [0, 0.05) is 6.92 Å². The molecule has 0 radical (unpaired) electrons. The Hall–Kier alpha value is -1.84. The number of halogens is 6. The smallest absolute Gasteiger partial charge is 0.268 e. The first kappa shape index (κ1) is 20.2. The van der Waals surface area contributed by atoms with Gasteiger partial charge in [-0.1, -0.05) is 0 Å². The van der Waals surface area contributed by atoms with Crippen molar-refractivity contribution in [2.45, 2.75) is 24.5 Å². The van der Waals surface area contributed by atoms with Crippen LogP contribution in [-0.4, -0.2) is 42.5 Å². The number of rotatable bonds is 4. The van der Waals surface area contributed by atoms with Crippen LogP contribution in [0.4, 0.5) is 26.3 Å². The highest BCUT2D eigenvalue weighted by molar-refractivity contribution is 8.05. The molecule has 1 rings (SSSR count). The van der Waals surface area contributed by atoms with Gasteiger partial charge in [0.05, 0.1) is 0 Å². The molecular formula is C8H8F6N3O5S2+. The van der Waals surface area contributed by atoms with Crippen LogP contribution < -0.4 is 4.57 Å². The minimum atomic E-state index is -7.14. The Morgan fingerprint density at radius 1 is 1.08 bits per heavy atom. The van der Waals surface area contributed by atoms with Gasteiger partial charge >= 0.3 is 31.1 Å². The summed E-state index contributed by atoms with van der Waals surface area (Å²) in [5.74, 6) is -2.42. The van der Waals surface area contributed by atoms with Crippen LogP contribution in [0.3, 0.4) is 0 Å². The van der Waals surface area contributed by atoms with Crippen molar-refractivity contribution < 1.29 is 52.5 Å². The summed E-state index contributed by atoms with van der Waals surface area (Å²) < 4.78 is 118. The third-order valence-electron chi connectivity index (χ3n) is 2.51. The Morgan fingerprint density at radius 3 is 1.79 bits per heavy atom. The average molecular weight is 404 g/mol. The van der Waals surface area contributed by atoms with Crippen molar-refractivity contribution in [3.05, 3.63) is 18.2 Å². The zero-order valence-corrected chi connectivity index (χ0v) is 13.0. The quantitative estimate of drug-likeness (QED) is 0.567. The zero-order chi connectivity index (χ0) is 19.1. The number of sulfonamides is 2. The highest BCUT2D eigenvalue weighted by Gasteiger charge is 2.63. The minimum absolute atomic E-state index is 0.0390. The molecule has 24 heavy (non-hydrogen) atoms. The molecule has 0 spiro atoms. The maximum Gasteiger partial charge on any atom is 0.517 e. The lowest BCUT2D eigenvalue weighted by atomic mass is 10.5. The van der Waals surface area contributed by atoms with Gasteiger partial charge in [-0.25, -0.2) is 9.55 Å². The van der Waals surface area contributed by atoms with E-state index in [0.29, 0.717) is 4.57 Å². The van der Waals surface area contributed by atoms with E-state index in [1.54, 1.807) is 0 Å². The normalized spacial score (nSPS) is 13.8. The Bertz CT molecular complexity index is 794. The molecule has 0 unspecified atom stereocenters. The Kier molecular flexibility index (Phi) is 4.97. The van der Waals surface area contributed by atoms with Crippen LogP contribution in [0.2, 0.25) is 0 Å². The predicted molar refractivity (Wildman–Crippen MR) is 62.5 cm³/mol. The van der Waals surface area contributed by atoms with E-state index in [0.717, 1.165) is 12.4 Å². The summed E-state index contributed by atoms with van der Waals surface area (Å²) in [6.45, 7) is -0.159. The van der Waals surface area contributed by atoms with E-state index in [2.05, 4.69) is 4.98 Å². The van der Waals surface area contributed by atoms with Crippen LogP contribution in [0.25, 0.3) is 0 Å². The molecule has 0 saturated carbocycles. The largest absolute Gasteiger partial charge is 0.517 e. The lowest BCUT2D eigenvalue weighted by Crippen LogP contribution is -2.55. The highest BCUT2D eigenvalue weighted by Crippen LogP contribution is 2.35. The molecule has 0 aliphatic carbocycles. The summed E-state index contributed by atoms with van der Waals surface area (Å²) in [6, 6.07) is 0. The van der Waals surface area contributed by atoms with Crippen LogP contribution in [0, 0.1) is 6.92 Å². The number of aryl methyl sites for hydroxylation is 1. The molecule has 0 aromatic carbocycles. The van der Waals surface area contributed by atoms with E-state index in [9.17, 15) is 48.0 Å². The molecule has 1 aromatic rings. The van der Waals surface area contributed by atoms with Crippen molar-refractivity contribution in [1.29, 1.82) is 0 Å². The van der Waals surface area contributed by atoms with E-state index in [1.807, 2.05) is 0 Å². The molecule has 0 aliphatic heterocycles. The van der Waals surface area contributed by atoms with Crippen molar-refractivity contribution in [2.75, 3.05) is 0 Å². The molecule has 1 amide bonds. The Balaban J connectivity index is 3.52. The SMILES string of the molecule is Cc1[nH]cc[n+]1CC(=O)N(S(=O)(=O)C(F)(F)F)S(=O)(=O)C(F)(F)F. The van der Waals surface area contributed by atoms with Gasteiger partial charge in [-0.15, -0.1) is 3.71 Å². The van der Waals surface area contributed by atoms with E-state index in [-0.39, 0.29) is 5.82 Å². The number of nitrogens with zero attached hydrogens (tertiary/aromatic N) is 2. The summed E-state index contributed by atoms with van der Waals surface area (Å²) in [7, 11) is -14.3. The van der Waals surface area contributed by atoms with Crippen molar-refractivity contribution >= 4 is 26.0 Å². The van der Waals surface area contributed by atoms with Gasteiger partial charge in [0.25, 0.3) is 11.7 Å². The number of carbonyl (C=O) groups is 1. The number of amides is 1. The first-order valence-electron chi connectivity index (χ1n) is 5.53. The van der Waals surface area contributed by atoms with E-state index < -0.39 is 47.2 Å². The number of hydrogen-bond acceptors (Lipinski definition) is 5. The molecule has 1 aromatic heterocycles. The average Bonchev–Trinajstić information content (AvgIpc) is 2.71. The second-order valence-electron chi connectivity index (χ2n) is 4.17. The molecule has 8 nitrogen and oxygen atoms in total. The van der Waals surface area contributed by atoms with Crippen molar-refractivity contribution in [2.24, 2.45) is 0 Å². The van der Waals surface area contributed by atoms with E-state index in [1.165, 1.54) is 6.92 Å². The third kappa shape index (κ3) is 3.47.